The van der Waals surface area contributed by atoms with E-state index in [1.165, 1.54) is 0 Å². The van der Waals surface area contributed by atoms with Gasteiger partial charge in [0.2, 0.25) is 0 Å². The number of methoxy groups -OCH3 is 1. The number of anilines is 1. The second kappa shape index (κ2) is 9.67. The minimum absolute atomic E-state index is 0.171. The molecule has 0 spiro atoms. The van der Waals surface area contributed by atoms with Gasteiger partial charge in [-0.25, -0.2) is 9.67 Å². The number of nitrogens with zero attached hydrogens (tertiary/aromatic N) is 4. The first-order chi connectivity index (χ1) is 15.6. The average molecular weight is 437 g/mol. The van der Waals surface area contributed by atoms with Gasteiger partial charge in [-0.15, -0.1) is 0 Å². The molecule has 0 aliphatic heterocycles. The summed E-state index contributed by atoms with van der Waals surface area (Å²) in [6.45, 7) is 3.10. The highest BCUT2D eigenvalue weighted by Crippen LogP contribution is 2.29. The Morgan fingerprint density at radius 3 is 2.66 bits per heavy atom. The number of aryl methyl sites for hydroxylation is 1. The zero-order chi connectivity index (χ0) is 22.5. The molecule has 0 atom stereocenters. The number of nitrogens with one attached hydrogen (secondary N) is 2. The first kappa shape index (κ1) is 21.6. The van der Waals surface area contributed by atoms with Crippen molar-refractivity contribution in [3.05, 3.63) is 47.8 Å². The van der Waals surface area contributed by atoms with Crippen LogP contribution in [0.2, 0.25) is 0 Å². The molecule has 0 bridgehead atoms. The first-order valence-electron chi connectivity index (χ1n) is 10.8. The molecule has 9 heteroatoms. The lowest BCUT2D eigenvalue weighted by Gasteiger charge is -2.25. The third-order valence-corrected chi connectivity index (χ3v) is 5.88. The lowest BCUT2D eigenvalue weighted by molar-refractivity contribution is 0.0951. The summed E-state index contributed by atoms with van der Waals surface area (Å²) in [5.41, 5.74) is 3.78. The average Bonchev–Trinajstić information content (AvgIpc) is 3.27. The van der Waals surface area contributed by atoms with Crippen LogP contribution in [0.1, 0.15) is 48.5 Å². The zero-order valence-electron chi connectivity index (χ0n) is 18.3. The fourth-order valence-electron chi connectivity index (χ4n) is 4.01. The van der Waals surface area contributed by atoms with Crippen molar-refractivity contribution in [2.75, 3.05) is 12.4 Å². The molecule has 3 aromatic rings. The third kappa shape index (κ3) is 4.51. The van der Waals surface area contributed by atoms with Gasteiger partial charge < -0.3 is 20.6 Å². The number of amides is 1. The van der Waals surface area contributed by atoms with Crippen LogP contribution in [0.25, 0.3) is 11.0 Å². The summed E-state index contributed by atoms with van der Waals surface area (Å²) in [4.78, 5) is 17.6. The molecule has 0 saturated heterocycles. The first-order valence-corrected chi connectivity index (χ1v) is 10.8. The van der Waals surface area contributed by atoms with Crippen molar-refractivity contribution in [3.63, 3.8) is 0 Å². The predicted octanol–water partition coefficient (Wildman–Crippen LogP) is 3.57. The van der Waals surface area contributed by atoms with Gasteiger partial charge in [-0.3, -0.25) is 4.79 Å². The van der Waals surface area contributed by atoms with E-state index in [0.29, 0.717) is 18.7 Å². The lowest BCUT2D eigenvalue weighted by atomic mass is 9.93. The minimum atomic E-state index is -0.199. The number of hydrogen-bond acceptors (Lipinski definition) is 7. The Balaban J connectivity index is 1.57. The highest BCUT2D eigenvalue weighted by Gasteiger charge is 2.23. The maximum atomic E-state index is 13.1. The Hall–Kier alpha value is -3.62. The van der Waals surface area contributed by atoms with Gasteiger partial charge in [0.25, 0.3) is 5.91 Å². The van der Waals surface area contributed by atoms with E-state index in [-0.39, 0.29) is 11.9 Å². The summed E-state index contributed by atoms with van der Waals surface area (Å²) in [5.74, 6) is 0.575. The summed E-state index contributed by atoms with van der Waals surface area (Å²) in [6.07, 6.45) is 6.50. The van der Waals surface area contributed by atoms with E-state index in [4.69, 9.17) is 9.94 Å². The topological polar surface area (TPSA) is 114 Å². The number of carbonyl (C=O) groups excluding carboxylic acids is 1. The van der Waals surface area contributed by atoms with Gasteiger partial charge in [-0.1, -0.05) is 17.3 Å². The Morgan fingerprint density at radius 2 is 2.00 bits per heavy atom. The summed E-state index contributed by atoms with van der Waals surface area (Å²) in [7, 11) is 1.62. The van der Waals surface area contributed by atoms with Crippen LogP contribution < -0.4 is 15.4 Å². The van der Waals surface area contributed by atoms with Crippen molar-refractivity contribution in [2.45, 2.75) is 51.7 Å². The Bertz CT molecular complexity index is 1110. The van der Waals surface area contributed by atoms with Gasteiger partial charge in [0.05, 0.1) is 35.7 Å². The number of carbonyl (C=O) groups is 1. The highest BCUT2D eigenvalue weighted by atomic mass is 16.5. The van der Waals surface area contributed by atoms with Gasteiger partial charge in [0, 0.05) is 25.3 Å². The summed E-state index contributed by atoms with van der Waals surface area (Å²) in [5, 5.41) is 24.2. The van der Waals surface area contributed by atoms with E-state index in [1.54, 1.807) is 19.5 Å². The molecule has 1 aliphatic carbocycles. The Kier molecular flexibility index (Phi) is 6.53. The van der Waals surface area contributed by atoms with Gasteiger partial charge in [0.15, 0.2) is 5.65 Å². The number of ether oxygens (including phenoxy) is 1. The molecule has 32 heavy (non-hydrogen) atoms. The Labute approximate surface area is 186 Å². The van der Waals surface area contributed by atoms with Crippen molar-refractivity contribution in [2.24, 2.45) is 5.16 Å². The molecular formula is C23H28N6O3. The number of hydrogen-bond donors (Lipinski definition) is 3. The smallest absolute Gasteiger partial charge is 0.255 e. The standard InChI is InChI=1S/C23H28N6O3/c1-3-29-22-19(14-26-29)21(27-16-6-8-17(28-31)9-7-16)20(13-24-22)23(30)25-12-15-4-10-18(32-2)11-5-15/h4-5,10-11,13-14,16,31H,3,6-9,12H2,1-2H3,(H,24,27)(H,25,30). The van der Waals surface area contributed by atoms with E-state index >= 15 is 0 Å². The molecule has 0 radical (unpaired) electrons. The number of fused-ring (bicyclic) bond motifs is 1. The Morgan fingerprint density at radius 1 is 1.25 bits per heavy atom. The van der Waals surface area contributed by atoms with E-state index in [2.05, 4.69) is 25.9 Å². The van der Waals surface area contributed by atoms with Crippen LogP contribution in [0.3, 0.4) is 0 Å². The molecule has 2 aromatic heterocycles. The number of pyridine rings is 1. The van der Waals surface area contributed by atoms with Crippen molar-refractivity contribution in [1.82, 2.24) is 20.1 Å². The van der Waals surface area contributed by atoms with Crippen LogP contribution in [-0.2, 0) is 13.1 Å². The normalized spacial score (nSPS) is 16.1. The van der Waals surface area contributed by atoms with Crippen LogP contribution in [0, 0.1) is 0 Å². The fourth-order valence-corrected chi connectivity index (χ4v) is 4.01. The maximum absolute atomic E-state index is 13.1. The molecular weight excluding hydrogens is 408 g/mol. The second-order valence-corrected chi connectivity index (χ2v) is 7.86. The van der Waals surface area contributed by atoms with Crippen LogP contribution in [0.4, 0.5) is 5.69 Å². The zero-order valence-corrected chi connectivity index (χ0v) is 18.3. The number of aromatic nitrogens is 3. The van der Waals surface area contributed by atoms with Crippen LogP contribution >= 0.6 is 0 Å². The number of benzene rings is 1. The molecule has 1 aromatic carbocycles. The largest absolute Gasteiger partial charge is 0.497 e. The molecule has 1 aliphatic rings. The van der Waals surface area contributed by atoms with Crippen molar-refractivity contribution in [1.29, 1.82) is 0 Å². The molecule has 0 unspecified atom stereocenters. The monoisotopic (exact) mass is 436 g/mol. The molecule has 168 valence electrons. The van der Waals surface area contributed by atoms with Crippen LogP contribution in [0.5, 0.6) is 5.75 Å². The van der Waals surface area contributed by atoms with Crippen LogP contribution in [-0.4, -0.2) is 44.7 Å². The van der Waals surface area contributed by atoms with E-state index in [9.17, 15) is 4.79 Å². The van der Waals surface area contributed by atoms with Crippen molar-refractivity contribution >= 4 is 28.3 Å². The number of oxime groups is 1. The van der Waals surface area contributed by atoms with Gasteiger partial charge in [-0.2, -0.15) is 5.10 Å². The molecule has 3 N–H and O–H groups in total. The summed E-state index contributed by atoms with van der Waals surface area (Å²) in [6, 6.07) is 7.76. The number of rotatable bonds is 7. The maximum Gasteiger partial charge on any atom is 0.255 e. The molecule has 4 rings (SSSR count). The second-order valence-electron chi connectivity index (χ2n) is 7.86. The van der Waals surface area contributed by atoms with Crippen LogP contribution in [0.15, 0.2) is 41.8 Å². The third-order valence-electron chi connectivity index (χ3n) is 5.88. The molecule has 9 nitrogen and oxygen atoms in total. The summed E-state index contributed by atoms with van der Waals surface area (Å²) < 4.78 is 7.00. The van der Waals surface area contributed by atoms with E-state index in [1.807, 2.05) is 35.9 Å². The highest BCUT2D eigenvalue weighted by molar-refractivity contribution is 6.06. The molecule has 1 amide bonds. The van der Waals surface area contributed by atoms with Gasteiger partial charge in [0.1, 0.15) is 5.75 Å². The fraction of sp³-hybridized carbons (Fsp3) is 0.391. The van der Waals surface area contributed by atoms with Gasteiger partial charge in [-0.05, 0) is 50.3 Å². The van der Waals surface area contributed by atoms with Crippen molar-refractivity contribution < 1.29 is 14.7 Å². The summed E-state index contributed by atoms with van der Waals surface area (Å²) >= 11 is 0. The SMILES string of the molecule is CCn1ncc2c(NC3CCC(=NO)CC3)c(C(=O)NCc3ccc(OC)cc3)cnc21. The predicted molar refractivity (Wildman–Crippen MR) is 122 cm³/mol. The molecule has 1 saturated carbocycles. The molecule has 1 fully saturated rings. The van der Waals surface area contributed by atoms with Crippen molar-refractivity contribution in [3.8, 4) is 5.75 Å². The van der Waals surface area contributed by atoms with E-state index < -0.39 is 0 Å². The molecule has 2 heterocycles. The lowest BCUT2D eigenvalue weighted by Crippen LogP contribution is -2.29. The minimum Gasteiger partial charge on any atom is -0.497 e. The van der Waals surface area contributed by atoms with Gasteiger partial charge >= 0.3 is 0 Å². The quantitative estimate of drug-likeness (QED) is 0.385. The van der Waals surface area contributed by atoms with E-state index in [0.717, 1.165) is 59.4 Å².